The fourth-order valence-electron chi connectivity index (χ4n) is 2.28. The van der Waals surface area contributed by atoms with Crippen LogP contribution in [0.2, 0.25) is 0 Å². The standard InChI is InChI=1S/C15H24N4O/c1-12(2)6-7-16-14-11-17-13(10-18-14)15(20)19-8-4-3-5-9-19/h10-12H,3-9H2,1-2H3,(H,16,18). The first-order valence-electron chi connectivity index (χ1n) is 7.52. The maximum atomic E-state index is 12.2. The molecule has 1 aliphatic heterocycles. The van der Waals surface area contributed by atoms with E-state index in [2.05, 4.69) is 29.1 Å². The minimum Gasteiger partial charge on any atom is -0.369 e. The molecule has 2 rings (SSSR count). The lowest BCUT2D eigenvalue weighted by Crippen LogP contribution is -2.36. The zero-order chi connectivity index (χ0) is 14.4. The second-order valence-electron chi connectivity index (χ2n) is 5.75. The van der Waals surface area contributed by atoms with E-state index in [9.17, 15) is 4.79 Å². The molecular weight excluding hydrogens is 252 g/mol. The van der Waals surface area contributed by atoms with E-state index in [0.717, 1.165) is 44.7 Å². The molecule has 1 amide bonds. The fourth-order valence-corrected chi connectivity index (χ4v) is 2.28. The highest BCUT2D eigenvalue weighted by molar-refractivity contribution is 5.92. The summed E-state index contributed by atoms with van der Waals surface area (Å²) >= 11 is 0. The lowest BCUT2D eigenvalue weighted by Gasteiger charge is -2.26. The first-order chi connectivity index (χ1) is 9.66. The number of nitrogens with zero attached hydrogens (tertiary/aromatic N) is 3. The van der Waals surface area contributed by atoms with Gasteiger partial charge in [0.05, 0.1) is 12.4 Å². The quantitative estimate of drug-likeness (QED) is 0.898. The molecule has 1 aromatic rings. The SMILES string of the molecule is CC(C)CCNc1cnc(C(=O)N2CCCCC2)cn1. The molecule has 0 aliphatic carbocycles. The lowest BCUT2D eigenvalue weighted by atomic mass is 10.1. The van der Waals surface area contributed by atoms with Crippen molar-refractivity contribution in [2.75, 3.05) is 25.0 Å². The van der Waals surface area contributed by atoms with Crippen LogP contribution in [0.1, 0.15) is 50.0 Å². The Kier molecular flexibility index (Phi) is 5.32. The Balaban J connectivity index is 1.88. The number of piperidine rings is 1. The molecule has 1 fully saturated rings. The van der Waals surface area contributed by atoms with Gasteiger partial charge in [-0.15, -0.1) is 0 Å². The Morgan fingerprint density at radius 1 is 1.25 bits per heavy atom. The van der Waals surface area contributed by atoms with Gasteiger partial charge in [-0.25, -0.2) is 9.97 Å². The number of hydrogen-bond acceptors (Lipinski definition) is 4. The molecule has 5 heteroatoms. The van der Waals surface area contributed by atoms with Crippen LogP contribution in [0.3, 0.4) is 0 Å². The first kappa shape index (κ1) is 14.8. The summed E-state index contributed by atoms with van der Waals surface area (Å²) in [6.45, 7) is 6.94. The molecule has 1 N–H and O–H groups in total. The van der Waals surface area contributed by atoms with Crippen molar-refractivity contribution in [1.82, 2.24) is 14.9 Å². The van der Waals surface area contributed by atoms with E-state index in [1.165, 1.54) is 6.42 Å². The van der Waals surface area contributed by atoms with Crippen LogP contribution in [0, 0.1) is 5.92 Å². The lowest BCUT2D eigenvalue weighted by molar-refractivity contribution is 0.0718. The van der Waals surface area contributed by atoms with Crippen molar-refractivity contribution >= 4 is 11.7 Å². The normalized spacial score (nSPS) is 15.4. The van der Waals surface area contributed by atoms with Crippen molar-refractivity contribution in [3.8, 4) is 0 Å². The van der Waals surface area contributed by atoms with Crippen LogP contribution in [-0.2, 0) is 0 Å². The number of amides is 1. The van der Waals surface area contributed by atoms with E-state index in [1.807, 2.05) is 4.90 Å². The van der Waals surface area contributed by atoms with E-state index in [1.54, 1.807) is 12.4 Å². The van der Waals surface area contributed by atoms with Crippen LogP contribution in [-0.4, -0.2) is 40.4 Å². The molecule has 20 heavy (non-hydrogen) atoms. The molecule has 110 valence electrons. The summed E-state index contributed by atoms with van der Waals surface area (Å²) in [5.74, 6) is 1.40. The summed E-state index contributed by atoms with van der Waals surface area (Å²) in [7, 11) is 0. The minimum absolute atomic E-state index is 0.00549. The predicted molar refractivity (Wildman–Crippen MR) is 79.7 cm³/mol. The highest BCUT2D eigenvalue weighted by Crippen LogP contribution is 2.12. The number of carbonyl (C=O) groups is 1. The van der Waals surface area contributed by atoms with Gasteiger partial charge < -0.3 is 10.2 Å². The molecule has 2 heterocycles. The van der Waals surface area contributed by atoms with Crippen molar-refractivity contribution in [2.24, 2.45) is 5.92 Å². The number of likely N-dealkylation sites (tertiary alicyclic amines) is 1. The van der Waals surface area contributed by atoms with E-state index < -0.39 is 0 Å². The number of anilines is 1. The van der Waals surface area contributed by atoms with Crippen molar-refractivity contribution < 1.29 is 4.79 Å². The van der Waals surface area contributed by atoms with E-state index >= 15 is 0 Å². The van der Waals surface area contributed by atoms with Gasteiger partial charge in [0.1, 0.15) is 11.5 Å². The molecule has 0 saturated carbocycles. The highest BCUT2D eigenvalue weighted by atomic mass is 16.2. The van der Waals surface area contributed by atoms with E-state index in [0.29, 0.717) is 11.6 Å². The van der Waals surface area contributed by atoms with Gasteiger partial charge in [-0.2, -0.15) is 0 Å². The van der Waals surface area contributed by atoms with Crippen LogP contribution < -0.4 is 5.32 Å². The van der Waals surface area contributed by atoms with Crippen molar-refractivity contribution in [1.29, 1.82) is 0 Å². The number of rotatable bonds is 5. The van der Waals surface area contributed by atoms with Gasteiger partial charge in [0.25, 0.3) is 5.91 Å². The van der Waals surface area contributed by atoms with Gasteiger partial charge in [0.15, 0.2) is 0 Å². The second-order valence-corrected chi connectivity index (χ2v) is 5.75. The van der Waals surface area contributed by atoms with Gasteiger partial charge in [-0.3, -0.25) is 4.79 Å². The number of hydrogen-bond donors (Lipinski definition) is 1. The highest BCUT2D eigenvalue weighted by Gasteiger charge is 2.19. The Morgan fingerprint density at radius 3 is 2.60 bits per heavy atom. The van der Waals surface area contributed by atoms with Crippen molar-refractivity contribution in [3.05, 3.63) is 18.1 Å². The smallest absolute Gasteiger partial charge is 0.274 e. The summed E-state index contributed by atoms with van der Waals surface area (Å²) in [5, 5.41) is 3.22. The topological polar surface area (TPSA) is 58.1 Å². The molecule has 0 bridgehead atoms. The van der Waals surface area contributed by atoms with Crippen LogP contribution in [0.15, 0.2) is 12.4 Å². The van der Waals surface area contributed by atoms with Gasteiger partial charge >= 0.3 is 0 Å². The Hall–Kier alpha value is -1.65. The molecule has 0 unspecified atom stereocenters. The molecule has 0 aromatic carbocycles. The Morgan fingerprint density at radius 2 is 2.00 bits per heavy atom. The number of aromatic nitrogens is 2. The monoisotopic (exact) mass is 276 g/mol. The molecule has 0 radical (unpaired) electrons. The van der Waals surface area contributed by atoms with Crippen molar-refractivity contribution in [2.45, 2.75) is 39.5 Å². The second kappa shape index (κ2) is 7.22. The number of carbonyl (C=O) groups excluding carboxylic acids is 1. The third-order valence-electron chi connectivity index (χ3n) is 3.54. The molecule has 1 aromatic heterocycles. The average molecular weight is 276 g/mol. The van der Waals surface area contributed by atoms with Crippen LogP contribution >= 0.6 is 0 Å². The van der Waals surface area contributed by atoms with Gasteiger partial charge in [0.2, 0.25) is 0 Å². The van der Waals surface area contributed by atoms with Gasteiger partial charge in [-0.05, 0) is 31.6 Å². The van der Waals surface area contributed by atoms with Gasteiger partial charge in [-0.1, -0.05) is 13.8 Å². The molecule has 0 spiro atoms. The molecule has 1 aliphatic rings. The summed E-state index contributed by atoms with van der Waals surface area (Å²) in [4.78, 5) is 22.6. The fraction of sp³-hybridized carbons (Fsp3) is 0.667. The summed E-state index contributed by atoms with van der Waals surface area (Å²) in [6.07, 6.45) is 7.72. The van der Waals surface area contributed by atoms with Crippen LogP contribution in [0.5, 0.6) is 0 Å². The van der Waals surface area contributed by atoms with E-state index in [-0.39, 0.29) is 5.91 Å². The minimum atomic E-state index is 0.00549. The zero-order valence-electron chi connectivity index (χ0n) is 12.4. The third-order valence-corrected chi connectivity index (χ3v) is 3.54. The van der Waals surface area contributed by atoms with Crippen LogP contribution in [0.25, 0.3) is 0 Å². The Bertz CT molecular complexity index is 424. The summed E-state index contributed by atoms with van der Waals surface area (Å²) < 4.78 is 0. The molecule has 1 saturated heterocycles. The molecule has 5 nitrogen and oxygen atoms in total. The van der Waals surface area contributed by atoms with Gasteiger partial charge in [0, 0.05) is 19.6 Å². The first-order valence-corrected chi connectivity index (χ1v) is 7.52. The maximum Gasteiger partial charge on any atom is 0.274 e. The zero-order valence-corrected chi connectivity index (χ0v) is 12.4. The third kappa shape index (κ3) is 4.18. The average Bonchev–Trinajstić information content (AvgIpc) is 2.48. The molecule has 0 atom stereocenters. The summed E-state index contributed by atoms with van der Waals surface area (Å²) in [5.41, 5.74) is 0.446. The molecular formula is C15H24N4O. The largest absolute Gasteiger partial charge is 0.369 e. The van der Waals surface area contributed by atoms with E-state index in [4.69, 9.17) is 0 Å². The maximum absolute atomic E-state index is 12.2. The van der Waals surface area contributed by atoms with Crippen LogP contribution in [0.4, 0.5) is 5.82 Å². The van der Waals surface area contributed by atoms with Crippen molar-refractivity contribution in [3.63, 3.8) is 0 Å². The predicted octanol–water partition coefficient (Wildman–Crippen LogP) is 2.56. The summed E-state index contributed by atoms with van der Waals surface area (Å²) in [6, 6.07) is 0. The number of nitrogens with one attached hydrogen (secondary N) is 1. The Labute approximate surface area is 120 Å².